The fourth-order valence-corrected chi connectivity index (χ4v) is 3.36. The zero-order chi connectivity index (χ0) is 11.0. The molecule has 0 saturated heterocycles. The second-order valence-electron chi connectivity index (χ2n) is 5.32. The van der Waals surface area contributed by atoms with E-state index < -0.39 is 0 Å². The van der Waals surface area contributed by atoms with Crippen LogP contribution in [0.2, 0.25) is 0 Å². The average Bonchev–Trinajstić information content (AvgIpc) is 2.81. The number of amides is 1. The van der Waals surface area contributed by atoms with E-state index in [2.05, 4.69) is 16.7 Å². The summed E-state index contributed by atoms with van der Waals surface area (Å²) in [4.78, 5) is 11.9. The first-order chi connectivity index (χ1) is 7.86. The van der Waals surface area contributed by atoms with E-state index in [1.165, 1.54) is 24.8 Å². The molecular weight excluding hydrogens is 236 g/mol. The van der Waals surface area contributed by atoms with Crippen molar-refractivity contribution in [2.45, 2.75) is 25.7 Å². The van der Waals surface area contributed by atoms with Crippen LogP contribution in [0.5, 0.6) is 0 Å². The quantitative estimate of drug-likeness (QED) is 0.752. The SMILES string of the molecule is Cl.O=C(NCC1=CCNCC1)C1C2CCCC21. The number of halogens is 1. The average molecular weight is 257 g/mol. The van der Waals surface area contributed by atoms with Gasteiger partial charge in [-0.25, -0.2) is 0 Å². The van der Waals surface area contributed by atoms with Crippen molar-refractivity contribution in [2.24, 2.45) is 17.8 Å². The summed E-state index contributed by atoms with van der Waals surface area (Å²) in [5, 5.41) is 6.39. The lowest BCUT2D eigenvalue weighted by Gasteiger charge is -2.14. The maximum atomic E-state index is 11.9. The molecule has 2 aliphatic carbocycles. The molecular formula is C13H21ClN2O. The highest BCUT2D eigenvalue weighted by Gasteiger charge is 2.56. The van der Waals surface area contributed by atoms with Crippen molar-refractivity contribution >= 4 is 18.3 Å². The minimum atomic E-state index is 0. The fourth-order valence-electron chi connectivity index (χ4n) is 3.36. The summed E-state index contributed by atoms with van der Waals surface area (Å²) >= 11 is 0. The largest absolute Gasteiger partial charge is 0.352 e. The van der Waals surface area contributed by atoms with E-state index in [1.54, 1.807) is 0 Å². The zero-order valence-corrected chi connectivity index (χ0v) is 10.9. The van der Waals surface area contributed by atoms with E-state index in [9.17, 15) is 4.79 Å². The third kappa shape index (κ3) is 2.66. The van der Waals surface area contributed by atoms with Crippen LogP contribution < -0.4 is 10.6 Å². The normalized spacial score (nSPS) is 34.4. The lowest BCUT2D eigenvalue weighted by molar-refractivity contribution is -0.122. The number of carbonyl (C=O) groups is 1. The predicted octanol–water partition coefficient (Wildman–Crippen LogP) is 1.49. The molecule has 0 aromatic rings. The van der Waals surface area contributed by atoms with Gasteiger partial charge in [0, 0.05) is 19.0 Å². The van der Waals surface area contributed by atoms with Crippen LogP contribution in [0.1, 0.15) is 25.7 Å². The molecule has 4 heteroatoms. The van der Waals surface area contributed by atoms with Crippen LogP contribution in [-0.2, 0) is 4.79 Å². The zero-order valence-electron chi connectivity index (χ0n) is 10.1. The Balaban J connectivity index is 0.00000108. The first-order valence-electron chi connectivity index (χ1n) is 6.52. The molecule has 96 valence electrons. The minimum Gasteiger partial charge on any atom is -0.352 e. The summed E-state index contributed by atoms with van der Waals surface area (Å²) in [5.41, 5.74) is 1.39. The van der Waals surface area contributed by atoms with Crippen molar-refractivity contribution in [2.75, 3.05) is 19.6 Å². The molecule has 2 fully saturated rings. The monoisotopic (exact) mass is 256 g/mol. The Morgan fingerprint density at radius 2 is 2.18 bits per heavy atom. The van der Waals surface area contributed by atoms with Crippen LogP contribution in [0.15, 0.2) is 11.6 Å². The summed E-state index contributed by atoms with van der Waals surface area (Å²) in [6, 6.07) is 0. The molecule has 0 aromatic heterocycles. The van der Waals surface area contributed by atoms with Crippen molar-refractivity contribution in [1.82, 2.24) is 10.6 Å². The maximum Gasteiger partial charge on any atom is 0.223 e. The van der Waals surface area contributed by atoms with E-state index >= 15 is 0 Å². The van der Waals surface area contributed by atoms with Crippen LogP contribution >= 0.6 is 12.4 Å². The summed E-state index contributed by atoms with van der Waals surface area (Å²) in [5.74, 6) is 2.16. The molecule has 2 atom stereocenters. The van der Waals surface area contributed by atoms with Crippen LogP contribution in [0.3, 0.4) is 0 Å². The van der Waals surface area contributed by atoms with Gasteiger partial charge in [0.25, 0.3) is 0 Å². The minimum absolute atomic E-state index is 0. The summed E-state index contributed by atoms with van der Waals surface area (Å²) in [6.45, 7) is 2.78. The molecule has 17 heavy (non-hydrogen) atoms. The van der Waals surface area contributed by atoms with Gasteiger partial charge in [0.2, 0.25) is 5.91 Å². The van der Waals surface area contributed by atoms with Crippen molar-refractivity contribution in [1.29, 1.82) is 0 Å². The third-order valence-corrected chi connectivity index (χ3v) is 4.36. The molecule has 2 N–H and O–H groups in total. The first-order valence-corrected chi connectivity index (χ1v) is 6.52. The van der Waals surface area contributed by atoms with Gasteiger partial charge in [-0.15, -0.1) is 12.4 Å². The highest BCUT2D eigenvalue weighted by Crippen LogP contribution is 2.57. The van der Waals surface area contributed by atoms with Gasteiger partial charge in [-0.05, 0) is 37.6 Å². The van der Waals surface area contributed by atoms with E-state index in [1.807, 2.05) is 0 Å². The van der Waals surface area contributed by atoms with Crippen LogP contribution in [-0.4, -0.2) is 25.5 Å². The second-order valence-corrected chi connectivity index (χ2v) is 5.32. The van der Waals surface area contributed by atoms with Gasteiger partial charge >= 0.3 is 0 Å². The van der Waals surface area contributed by atoms with Crippen molar-refractivity contribution in [3.8, 4) is 0 Å². The van der Waals surface area contributed by atoms with Gasteiger partial charge in [-0.2, -0.15) is 0 Å². The third-order valence-electron chi connectivity index (χ3n) is 4.36. The van der Waals surface area contributed by atoms with Gasteiger partial charge < -0.3 is 10.6 Å². The molecule has 3 nitrogen and oxygen atoms in total. The highest BCUT2D eigenvalue weighted by molar-refractivity contribution is 5.85. The number of rotatable bonds is 3. The number of nitrogens with one attached hydrogen (secondary N) is 2. The summed E-state index contributed by atoms with van der Waals surface area (Å²) in [6.07, 6.45) is 7.20. The first kappa shape index (κ1) is 12.9. The Morgan fingerprint density at radius 3 is 2.82 bits per heavy atom. The van der Waals surface area contributed by atoms with Crippen LogP contribution in [0.25, 0.3) is 0 Å². The van der Waals surface area contributed by atoms with Gasteiger partial charge in [-0.3, -0.25) is 4.79 Å². The number of carbonyl (C=O) groups excluding carboxylic acids is 1. The number of hydrogen-bond acceptors (Lipinski definition) is 2. The molecule has 0 bridgehead atoms. The Kier molecular flexibility index (Phi) is 4.10. The molecule has 0 spiro atoms. The highest BCUT2D eigenvalue weighted by atomic mass is 35.5. The van der Waals surface area contributed by atoms with Gasteiger partial charge in [0.1, 0.15) is 0 Å². The van der Waals surface area contributed by atoms with Crippen molar-refractivity contribution < 1.29 is 4.79 Å². The molecule has 3 aliphatic rings. The van der Waals surface area contributed by atoms with Crippen molar-refractivity contribution in [3.63, 3.8) is 0 Å². The maximum absolute atomic E-state index is 11.9. The molecule has 1 aliphatic heterocycles. The molecule has 3 rings (SSSR count). The standard InChI is InChI=1S/C13H20N2O.ClH/c16-13(12-10-2-1-3-11(10)12)15-8-9-4-6-14-7-5-9;/h4,10-12,14H,1-3,5-8H2,(H,15,16);1H. The predicted molar refractivity (Wildman–Crippen MR) is 70.1 cm³/mol. The molecule has 1 heterocycles. The second kappa shape index (κ2) is 5.40. The molecule has 0 aromatic carbocycles. The van der Waals surface area contributed by atoms with E-state index in [0.717, 1.165) is 37.9 Å². The summed E-state index contributed by atoms with van der Waals surface area (Å²) in [7, 11) is 0. The van der Waals surface area contributed by atoms with Gasteiger partial charge in [0.15, 0.2) is 0 Å². The number of fused-ring (bicyclic) bond motifs is 1. The molecule has 2 unspecified atom stereocenters. The topological polar surface area (TPSA) is 41.1 Å². The van der Waals surface area contributed by atoms with Gasteiger partial charge in [-0.1, -0.05) is 18.1 Å². The molecule has 1 amide bonds. The lowest BCUT2D eigenvalue weighted by Crippen LogP contribution is -2.31. The Morgan fingerprint density at radius 1 is 1.41 bits per heavy atom. The molecule has 0 radical (unpaired) electrons. The van der Waals surface area contributed by atoms with Crippen molar-refractivity contribution in [3.05, 3.63) is 11.6 Å². The van der Waals surface area contributed by atoms with Crippen LogP contribution in [0, 0.1) is 17.8 Å². The lowest BCUT2D eigenvalue weighted by atomic mass is 10.1. The van der Waals surface area contributed by atoms with E-state index in [-0.39, 0.29) is 12.4 Å². The Bertz CT molecular complexity index is 319. The fraction of sp³-hybridized carbons (Fsp3) is 0.769. The Labute approximate surface area is 109 Å². The Hall–Kier alpha value is -0.540. The van der Waals surface area contributed by atoms with Gasteiger partial charge in [0.05, 0.1) is 0 Å². The number of hydrogen-bond donors (Lipinski definition) is 2. The smallest absolute Gasteiger partial charge is 0.223 e. The van der Waals surface area contributed by atoms with E-state index in [4.69, 9.17) is 0 Å². The molecule has 2 saturated carbocycles. The van der Waals surface area contributed by atoms with E-state index in [0.29, 0.717) is 11.8 Å². The summed E-state index contributed by atoms with van der Waals surface area (Å²) < 4.78 is 0. The van der Waals surface area contributed by atoms with Crippen LogP contribution in [0.4, 0.5) is 0 Å².